The largest absolute Gasteiger partial charge is 0.381 e. The highest BCUT2D eigenvalue weighted by Gasteiger charge is 2.42. The Morgan fingerprint density at radius 3 is 2.37 bits per heavy atom. The van der Waals surface area contributed by atoms with Gasteiger partial charge in [0, 0.05) is 32.0 Å². The fourth-order valence-corrected chi connectivity index (χ4v) is 4.37. The first-order chi connectivity index (χ1) is 14.6. The molecule has 1 N–H and O–H groups in total. The van der Waals surface area contributed by atoms with Gasteiger partial charge in [-0.15, -0.1) is 0 Å². The van der Waals surface area contributed by atoms with Crippen molar-refractivity contribution in [3.05, 3.63) is 65.5 Å². The Hall–Kier alpha value is -2.44. The molecule has 2 aliphatic rings. The summed E-state index contributed by atoms with van der Waals surface area (Å²) in [4.78, 5) is 15.7. The average Bonchev–Trinajstić information content (AvgIpc) is 2.80. The number of ether oxygens (including phenoxy) is 2. The van der Waals surface area contributed by atoms with E-state index in [0.29, 0.717) is 26.1 Å². The minimum absolute atomic E-state index is 0.0684. The highest BCUT2D eigenvalue weighted by Crippen LogP contribution is 2.36. The number of hydrogen-bond donors (Lipinski definition) is 1. The number of anilines is 1. The van der Waals surface area contributed by atoms with Gasteiger partial charge in [0.05, 0.1) is 24.7 Å². The SMILES string of the molecule is CC(NC(=O)C1(c2cccc(F)c2)CCOCC1)c1ccc(N2CCOCC2)cc1. The van der Waals surface area contributed by atoms with Crippen molar-refractivity contribution >= 4 is 11.6 Å². The van der Waals surface area contributed by atoms with Crippen LogP contribution in [0.15, 0.2) is 48.5 Å². The molecule has 1 atom stereocenters. The molecule has 4 rings (SSSR count). The molecule has 2 aromatic carbocycles. The maximum atomic E-state index is 13.9. The molecule has 160 valence electrons. The molecule has 0 saturated carbocycles. The van der Waals surface area contributed by atoms with Crippen LogP contribution in [0.3, 0.4) is 0 Å². The quantitative estimate of drug-likeness (QED) is 0.816. The smallest absolute Gasteiger partial charge is 0.231 e. The fourth-order valence-electron chi connectivity index (χ4n) is 4.37. The van der Waals surface area contributed by atoms with Crippen molar-refractivity contribution in [2.45, 2.75) is 31.2 Å². The lowest BCUT2D eigenvalue weighted by Crippen LogP contribution is -2.48. The Bertz CT molecular complexity index is 859. The van der Waals surface area contributed by atoms with Gasteiger partial charge in [-0.1, -0.05) is 24.3 Å². The van der Waals surface area contributed by atoms with Crippen molar-refractivity contribution in [1.29, 1.82) is 0 Å². The van der Waals surface area contributed by atoms with Gasteiger partial charge in [0.2, 0.25) is 5.91 Å². The van der Waals surface area contributed by atoms with Crippen molar-refractivity contribution in [1.82, 2.24) is 5.32 Å². The third-order valence-corrected chi connectivity index (χ3v) is 6.28. The van der Waals surface area contributed by atoms with Crippen LogP contribution in [0.2, 0.25) is 0 Å². The minimum Gasteiger partial charge on any atom is -0.381 e. The van der Waals surface area contributed by atoms with Gasteiger partial charge in [0.1, 0.15) is 5.82 Å². The Balaban J connectivity index is 1.49. The van der Waals surface area contributed by atoms with Crippen molar-refractivity contribution < 1.29 is 18.7 Å². The number of benzene rings is 2. The van der Waals surface area contributed by atoms with Gasteiger partial charge in [-0.05, 0) is 55.2 Å². The lowest BCUT2D eigenvalue weighted by Gasteiger charge is -2.37. The van der Waals surface area contributed by atoms with Crippen molar-refractivity contribution in [2.75, 3.05) is 44.4 Å². The number of carbonyl (C=O) groups excluding carboxylic acids is 1. The molecule has 2 aliphatic heterocycles. The molecule has 0 aliphatic carbocycles. The number of hydrogen-bond acceptors (Lipinski definition) is 4. The third-order valence-electron chi connectivity index (χ3n) is 6.28. The van der Waals surface area contributed by atoms with E-state index in [1.54, 1.807) is 6.07 Å². The molecule has 5 nitrogen and oxygen atoms in total. The number of amides is 1. The Labute approximate surface area is 177 Å². The van der Waals surface area contributed by atoms with E-state index >= 15 is 0 Å². The third kappa shape index (κ3) is 4.35. The molecular weight excluding hydrogens is 383 g/mol. The normalized spacial score (nSPS) is 19.9. The summed E-state index contributed by atoms with van der Waals surface area (Å²) in [5.41, 5.74) is 2.17. The summed E-state index contributed by atoms with van der Waals surface area (Å²) in [6, 6.07) is 14.6. The zero-order valence-corrected chi connectivity index (χ0v) is 17.4. The van der Waals surface area contributed by atoms with Gasteiger partial charge in [-0.3, -0.25) is 4.79 Å². The lowest BCUT2D eigenvalue weighted by molar-refractivity contribution is -0.131. The summed E-state index contributed by atoms with van der Waals surface area (Å²) < 4.78 is 24.8. The second-order valence-corrected chi connectivity index (χ2v) is 8.09. The first kappa shape index (κ1) is 20.8. The van der Waals surface area contributed by atoms with E-state index < -0.39 is 5.41 Å². The summed E-state index contributed by atoms with van der Waals surface area (Å²) in [6.07, 6.45) is 1.09. The molecule has 30 heavy (non-hydrogen) atoms. The molecule has 0 spiro atoms. The predicted molar refractivity (Wildman–Crippen MR) is 114 cm³/mol. The number of rotatable bonds is 5. The summed E-state index contributed by atoms with van der Waals surface area (Å²) >= 11 is 0. The van der Waals surface area contributed by atoms with Crippen LogP contribution in [-0.4, -0.2) is 45.4 Å². The van der Waals surface area contributed by atoms with Gasteiger partial charge in [0.15, 0.2) is 0 Å². The van der Waals surface area contributed by atoms with Crippen LogP contribution in [0.4, 0.5) is 10.1 Å². The maximum absolute atomic E-state index is 13.9. The molecule has 2 aromatic rings. The van der Waals surface area contributed by atoms with Gasteiger partial charge in [0.25, 0.3) is 0 Å². The van der Waals surface area contributed by atoms with E-state index in [1.807, 2.05) is 13.0 Å². The van der Waals surface area contributed by atoms with E-state index in [4.69, 9.17) is 9.47 Å². The van der Waals surface area contributed by atoms with Crippen molar-refractivity contribution in [3.8, 4) is 0 Å². The number of carbonyl (C=O) groups is 1. The molecule has 2 saturated heterocycles. The van der Waals surface area contributed by atoms with Crippen LogP contribution in [-0.2, 0) is 19.7 Å². The molecule has 2 heterocycles. The van der Waals surface area contributed by atoms with Crippen molar-refractivity contribution in [2.24, 2.45) is 0 Å². The average molecular weight is 413 g/mol. The van der Waals surface area contributed by atoms with Crippen LogP contribution in [0.1, 0.15) is 36.9 Å². The van der Waals surface area contributed by atoms with Crippen LogP contribution in [0, 0.1) is 5.82 Å². The molecule has 6 heteroatoms. The second kappa shape index (κ2) is 9.14. The number of halogens is 1. The monoisotopic (exact) mass is 412 g/mol. The van der Waals surface area contributed by atoms with Crippen molar-refractivity contribution in [3.63, 3.8) is 0 Å². The van der Waals surface area contributed by atoms with E-state index in [2.05, 4.69) is 34.5 Å². The number of morpholine rings is 1. The highest BCUT2D eigenvalue weighted by atomic mass is 19.1. The predicted octanol–water partition coefficient (Wildman–Crippen LogP) is 3.59. The maximum Gasteiger partial charge on any atom is 0.231 e. The zero-order chi connectivity index (χ0) is 21.0. The molecule has 1 unspecified atom stereocenters. The van der Waals surface area contributed by atoms with E-state index in [0.717, 1.165) is 37.4 Å². The molecule has 0 bridgehead atoms. The molecule has 0 radical (unpaired) electrons. The highest BCUT2D eigenvalue weighted by molar-refractivity contribution is 5.88. The lowest BCUT2D eigenvalue weighted by atomic mass is 9.73. The Morgan fingerprint density at radius 1 is 1.03 bits per heavy atom. The van der Waals surface area contributed by atoms with Gasteiger partial charge >= 0.3 is 0 Å². The summed E-state index contributed by atoms with van der Waals surface area (Å²) in [5.74, 6) is -0.390. The van der Waals surface area contributed by atoms with Crippen LogP contribution in [0.5, 0.6) is 0 Å². The minimum atomic E-state index is -0.762. The molecule has 2 fully saturated rings. The second-order valence-electron chi connectivity index (χ2n) is 8.09. The number of nitrogens with one attached hydrogen (secondary N) is 1. The van der Waals surface area contributed by atoms with E-state index in [-0.39, 0.29) is 17.8 Å². The fraction of sp³-hybridized carbons (Fsp3) is 0.458. The molecule has 0 aromatic heterocycles. The molecule has 1 amide bonds. The van der Waals surface area contributed by atoms with Gasteiger partial charge in [-0.2, -0.15) is 0 Å². The van der Waals surface area contributed by atoms with Gasteiger partial charge < -0.3 is 19.7 Å². The van der Waals surface area contributed by atoms with E-state index in [9.17, 15) is 9.18 Å². The summed E-state index contributed by atoms with van der Waals surface area (Å²) in [7, 11) is 0. The van der Waals surface area contributed by atoms with Crippen LogP contribution in [0.25, 0.3) is 0 Å². The van der Waals surface area contributed by atoms with Gasteiger partial charge in [-0.25, -0.2) is 4.39 Å². The molecular formula is C24H29FN2O3. The Morgan fingerprint density at radius 2 is 1.70 bits per heavy atom. The first-order valence-electron chi connectivity index (χ1n) is 10.7. The zero-order valence-electron chi connectivity index (χ0n) is 17.4. The Kier molecular flexibility index (Phi) is 6.35. The first-order valence-corrected chi connectivity index (χ1v) is 10.7. The topological polar surface area (TPSA) is 50.8 Å². The van der Waals surface area contributed by atoms with E-state index in [1.165, 1.54) is 17.8 Å². The number of nitrogens with zero attached hydrogens (tertiary/aromatic N) is 1. The summed E-state index contributed by atoms with van der Waals surface area (Å²) in [5, 5.41) is 3.17. The summed E-state index contributed by atoms with van der Waals surface area (Å²) in [6.45, 7) is 6.26. The van der Waals surface area contributed by atoms with Crippen LogP contribution < -0.4 is 10.2 Å². The van der Waals surface area contributed by atoms with Crippen LogP contribution >= 0.6 is 0 Å². The standard InChI is InChI=1S/C24H29FN2O3/c1-18(19-5-7-22(8-6-19)27-11-15-30-16-12-27)26-23(28)24(9-13-29-14-10-24)20-3-2-4-21(25)17-20/h2-8,17-18H,9-16H2,1H3,(H,26,28).